The van der Waals surface area contributed by atoms with Crippen molar-refractivity contribution in [1.82, 2.24) is 4.90 Å². The van der Waals surface area contributed by atoms with Gasteiger partial charge in [0, 0.05) is 19.4 Å². The number of likely N-dealkylation sites (tertiary alicyclic amines) is 1. The Balaban J connectivity index is 2.73. The van der Waals surface area contributed by atoms with Crippen LogP contribution in [0.3, 0.4) is 0 Å². The van der Waals surface area contributed by atoms with Gasteiger partial charge in [0.2, 0.25) is 5.91 Å². The number of rotatable bonds is 1. The summed E-state index contributed by atoms with van der Waals surface area (Å²) in [4.78, 5) is 12.1. The van der Waals surface area contributed by atoms with E-state index in [1.54, 1.807) is 13.8 Å². The molecule has 0 aromatic carbocycles. The van der Waals surface area contributed by atoms with Crippen molar-refractivity contribution in [3.05, 3.63) is 0 Å². The molecule has 2 nitrogen and oxygen atoms in total. The molecule has 13 heavy (non-hydrogen) atoms. The molecule has 0 saturated carbocycles. The zero-order valence-corrected chi connectivity index (χ0v) is 8.18. The molecule has 0 aliphatic carbocycles. The molecule has 76 valence electrons. The molecule has 0 N–H and O–H groups in total. The van der Waals surface area contributed by atoms with Crippen molar-refractivity contribution in [1.29, 1.82) is 0 Å². The van der Waals surface area contributed by atoms with Gasteiger partial charge in [0.25, 0.3) is 5.92 Å². The predicted molar refractivity (Wildman–Crippen MR) is 45.5 cm³/mol. The maximum Gasteiger partial charge on any atom is 0.270 e. The second kappa shape index (κ2) is 3.24. The Morgan fingerprint density at radius 3 is 2.31 bits per heavy atom. The number of halogens is 2. The minimum absolute atomic E-state index is 0.0839. The Morgan fingerprint density at radius 2 is 2.08 bits per heavy atom. The van der Waals surface area contributed by atoms with Crippen molar-refractivity contribution in [2.24, 2.45) is 11.8 Å². The first-order valence-corrected chi connectivity index (χ1v) is 4.48. The molecule has 0 aromatic heterocycles. The third-order valence-corrected chi connectivity index (χ3v) is 2.61. The number of carbonyl (C=O) groups is 1. The number of nitrogens with zero attached hydrogens (tertiary/aromatic N) is 1. The number of amides is 1. The van der Waals surface area contributed by atoms with Crippen molar-refractivity contribution >= 4 is 5.91 Å². The Labute approximate surface area is 76.9 Å². The summed E-state index contributed by atoms with van der Waals surface area (Å²) in [5, 5.41) is 0. The van der Waals surface area contributed by atoms with E-state index in [0.29, 0.717) is 0 Å². The molecule has 1 aliphatic heterocycles. The van der Waals surface area contributed by atoms with Crippen LogP contribution >= 0.6 is 0 Å². The SMILES string of the molecule is CC(=O)N1CC(C(C)C)C(F)(F)C1. The third-order valence-electron chi connectivity index (χ3n) is 2.61. The van der Waals surface area contributed by atoms with Crippen LogP contribution in [-0.2, 0) is 4.79 Å². The lowest BCUT2D eigenvalue weighted by molar-refractivity contribution is -0.129. The van der Waals surface area contributed by atoms with Crippen LogP contribution in [0.5, 0.6) is 0 Å². The summed E-state index contributed by atoms with van der Waals surface area (Å²) in [6, 6.07) is 0. The zero-order chi connectivity index (χ0) is 10.2. The quantitative estimate of drug-likeness (QED) is 0.618. The number of carbonyl (C=O) groups excluding carboxylic acids is 1. The molecule has 1 heterocycles. The lowest BCUT2D eigenvalue weighted by Crippen LogP contribution is -2.31. The summed E-state index contributed by atoms with van der Waals surface area (Å²) in [5.74, 6) is -3.74. The largest absolute Gasteiger partial charge is 0.336 e. The average molecular weight is 191 g/mol. The molecule has 1 saturated heterocycles. The second-order valence-corrected chi connectivity index (χ2v) is 4.01. The van der Waals surface area contributed by atoms with Crippen molar-refractivity contribution in [3.63, 3.8) is 0 Å². The van der Waals surface area contributed by atoms with E-state index < -0.39 is 18.4 Å². The van der Waals surface area contributed by atoms with E-state index in [9.17, 15) is 13.6 Å². The topological polar surface area (TPSA) is 20.3 Å². The first-order valence-electron chi connectivity index (χ1n) is 4.48. The Morgan fingerprint density at radius 1 is 1.54 bits per heavy atom. The summed E-state index contributed by atoms with van der Waals surface area (Å²) < 4.78 is 26.6. The van der Waals surface area contributed by atoms with Crippen LogP contribution in [0.4, 0.5) is 8.78 Å². The van der Waals surface area contributed by atoms with E-state index in [4.69, 9.17) is 0 Å². The standard InChI is InChI=1S/C9H15F2NO/c1-6(2)8-4-12(7(3)13)5-9(8,10)11/h6,8H,4-5H2,1-3H3. The molecule has 1 fully saturated rings. The van der Waals surface area contributed by atoms with Crippen LogP contribution in [0.1, 0.15) is 20.8 Å². The molecule has 1 amide bonds. The highest BCUT2D eigenvalue weighted by Crippen LogP contribution is 2.37. The fraction of sp³-hybridized carbons (Fsp3) is 0.889. The minimum Gasteiger partial charge on any atom is -0.336 e. The van der Waals surface area contributed by atoms with Crippen LogP contribution in [0.15, 0.2) is 0 Å². The lowest BCUT2D eigenvalue weighted by Gasteiger charge is -2.20. The molecule has 4 heteroatoms. The molecular formula is C9H15F2NO. The summed E-state index contributed by atoms with van der Waals surface area (Å²) in [7, 11) is 0. The molecule has 0 spiro atoms. The van der Waals surface area contributed by atoms with Crippen molar-refractivity contribution in [3.8, 4) is 0 Å². The minimum atomic E-state index is -2.71. The third kappa shape index (κ3) is 1.98. The smallest absolute Gasteiger partial charge is 0.270 e. The first-order chi connectivity index (χ1) is 5.84. The number of hydrogen-bond donors (Lipinski definition) is 0. The van der Waals surface area contributed by atoms with Gasteiger partial charge in [-0.2, -0.15) is 0 Å². The highest BCUT2D eigenvalue weighted by atomic mass is 19.3. The molecule has 1 rings (SSSR count). The van der Waals surface area contributed by atoms with Gasteiger partial charge >= 0.3 is 0 Å². The predicted octanol–water partition coefficient (Wildman–Crippen LogP) is 1.76. The van der Waals surface area contributed by atoms with Crippen molar-refractivity contribution in [2.75, 3.05) is 13.1 Å². The van der Waals surface area contributed by atoms with E-state index in [1.807, 2.05) is 0 Å². The second-order valence-electron chi connectivity index (χ2n) is 4.01. The highest BCUT2D eigenvalue weighted by molar-refractivity contribution is 5.73. The maximum absolute atomic E-state index is 13.3. The van der Waals surface area contributed by atoms with Gasteiger partial charge in [0.05, 0.1) is 6.54 Å². The monoisotopic (exact) mass is 191 g/mol. The summed E-state index contributed by atoms with van der Waals surface area (Å²) in [6.45, 7) is 4.65. The number of alkyl halides is 2. The highest BCUT2D eigenvalue weighted by Gasteiger charge is 2.49. The molecule has 0 bridgehead atoms. The fourth-order valence-corrected chi connectivity index (χ4v) is 1.75. The Bertz CT molecular complexity index is 216. The van der Waals surface area contributed by atoms with Gasteiger partial charge in [-0.05, 0) is 5.92 Å². The van der Waals surface area contributed by atoms with Crippen molar-refractivity contribution in [2.45, 2.75) is 26.7 Å². The van der Waals surface area contributed by atoms with E-state index in [0.717, 1.165) is 0 Å². The first kappa shape index (κ1) is 10.4. The fourth-order valence-electron chi connectivity index (χ4n) is 1.75. The van der Waals surface area contributed by atoms with Gasteiger partial charge in [-0.25, -0.2) is 8.78 Å². The maximum atomic E-state index is 13.3. The van der Waals surface area contributed by atoms with Crippen LogP contribution in [0, 0.1) is 11.8 Å². The van der Waals surface area contributed by atoms with E-state index in [-0.39, 0.29) is 18.4 Å². The molecule has 0 aromatic rings. The summed E-state index contributed by atoms with van der Waals surface area (Å²) in [5.41, 5.74) is 0. The molecule has 0 radical (unpaired) electrons. The van der Waals surface area contributed by atoms with Crippen molar-refractivity contribution < 1.29 is 13.6 Å². The van der Waals surface area contributed by atoms with E-state index in [1.165, 1.54) is 11.8 Å². The average Bonchev–Trinajstić information content (AvgIpc) is 2.25. The molecule has 1 atom stereocenters. The Kier molecular flexibility index (Phi) is 2.59. The van der Waals surface area contributed by atoms with Crippen LogP contribution in [0.25, 0.3) is 0 Å². The van der Waals surface area contributed by atoms with Gasteiger partial charge in [0.15, 0.2) is 0 Å². The van der Waals surface area contributed by atoms with Gasteiger partial charge in [-0.1, -0.05) is 13.8 Å². The number of hydrogen-bond acceptors (Lipinski definition) is 1. The van der Waals surface area contributed by atoms with Crippen LogP contribution in [-0.4, -0.2) is 29.8 Å². The van der Waals surface area contributed by atoms with E-state index in [2.05, 4.69) is 0 Å². The van der Waals surface area contributed by atoms with Crippen LogP contribution in [0.2, 0.25) is 0 Å². The molecular weight excluding hydrogens is 176 g/mol. The zero-order valence-electron chi connectivity index (χ0n) is 8.18. The van der Waals surface area contributed by atoms with Gasteiger partial charge in [-0.3, -0.25) is 4.79 Å². The molecule has 1 unspecified atom stereocenters. The summed E-state index contributed by atoms with van der Waals surface area (Å²) >= 11 is 0. The summed E-state index contributed by atoms with van der Waals surface area (Å²) in [6.07, 6.45) is 0. The Hall–Kier alpha value is -0.670. The van der Waals surface area contributed by atoms with Gasteiger partial charge in [0.1, 0.15) is 0 Å². The van der Waals surface area contributed by atoms with Gasteiger partial charge in [-0.15, -0.1) is 0 Å². The van der Waals surface area contributed by atoms with Gasteiger partial charge < -0.3 is 4.90 Å². The molecule has 1 aliphatic rings. The van der Waals surface area contributed by atoms with Crippen LogP contribution < -0.4 is 0 Å². The lowest BCUT2D eigenvalue weighted by atomic mass is 9.92. The van der Waals surface area contributed by atoms with E-state index >= 15 is 0 Å². The normalized spacial score (nSPS) is 26.9.